The number of anilines is 1. The molecule has 8 heteroatoms. The van der Waals surface area contributed by atoms with E-state index in [9.17, 15) is 10.1 Å². The molecule has 2 aromatic carbocycles. The fourth-order valence-corrected chi connectivity index (χ4v) is 5.41. The minimum absolute atomic E-state index is 0.0214. The monoisotopic (exact) mass is 465 g/mol. The van der Waals surface area contributed by atoms with Crippen molar-refractivity contribution in [3.8, 4) is 23.3 Å². The molecule has 1 atom stereocenters. The second kappa shape index (κ2) is 9.28. The maximum Gasteiger partial charge on any atom is 0.229 e. The number of methoxy groups -OCH3 is 3. The zero-order chi connectivity index (χ0) is 23.7. The van der Waals surface area contributed by atoms with Gasteiger partial charge in [-0.1, -0.05) is 17.8 Å². The Hall–Kier alpha value is -3.31. The van der Waals surface area contributed by atoms with Crippen LogP contribution in [-0.4, -0.2) is 44.7 Å². The highest BCUT2D eigenvalue weighted by Gasteiger charge is 2.39. The molecule has 0 aromatic heterocycles. The van der Waals surface area contributed by atoms with Crippen molar-refractivity contribution in [3.63, 3.8) is 0 Å². The quantitative estimate of drug-likeness (QED) is 0.641. The first kappa shape index (κ1) is 22.9. The van der Waals surface area contributed by atoms with Crippen LogP contribution in [0.4, 0.5) is 5.69 Å². The third-order valence-corrected chi connectivity index (χ3v) is 7.41. The highest BCUT2D eigenvalue weighted by atomic mass is 32.2. The van der Waals surface area contributed by atoms with Gasteiger partial charge in [-0.15, -0.1) is 0 Å². The molecule has 0 saturated carbocycles. The molecule has 33 heavy (non-hydrogen) atoms. The molecule has 1 amide bonds. The van der Waals surface area contributed by atoms with Gasteiger partial charge in [-0.05, 0) is 43.2 Å². The van der Waals surface area contributed by atoms with E-state index in [-0.39, 0.29) is 12.3 Å². The molecular formula is C25H27N3O4S. The number of thioether (sulfide) groups is 1. The maximum absolute atomic E-state index is 13.3. The average molecular weight is 466 g/mol. The molecule has 0 aliphatic carbocycles. The topological polar surface area (TPSA) is 75.0 Å². The molecule has 2 aliphatic heterocycles. The third kappa shape index (κ3) is 4.09. The molecule has 7 nitrogen and oxygen atoms in total. The van der Waals surface area contributed by atoms with E-state index in [1.165, 1.54) is 22.9 Å². The Morgan fingerprint density at radius 3 is 2.33 bits per heavy atom. The summed E-state index contributed by atoms with van der Waals surface area (Å²) in [5.41, 5.74) is 4.83. The molecule has 2 aliphatic rings. The van der Waals surface area contributed by atoms with Gasteiger partial charge < -0.3 is 19.1 Å². The van der Waals surface area contributed by atoms with Crippen molar-refractivity contribution in [2.75, 3.05) is 38.8 Å². The Kier molecular flexibility index (Phi) is 6.43. The molecule has 0 bridgehead atoms. The Morgan fingerprint density at radius 2 is 1.70 bits per heavy atom. The summed E-state index contributed by atoms with van der Waals surface area (Å²) < 4.78 is 16.4. The van der Waals surface area contributed by atoms with E-state index >= 15 is 0 Å². The summed E-state index contributed by atoms with van der Waals surface area (Å²) in [5, 5.41) is 10.8. The number of amides is 1. The summed E-state index contributed by atoms with van der Waals surface area (Å²) in [7, 11) is 4.68. The third-order valence-electron chi connectivity index (χ3n) is 6.26. The number of nitriles is 1. The van der Waals surface area contributed by atoms with E-state index in [2.05, 4.69) is 43.0 Å². The Morgan fingerprint density at radius 1 is 1.00 bits per heavy atom. The molecular weight excluding hydrogens is 438 g/mol. The van der Waals surface area contributed by atoms with Crippen LogP contribution in [0.1, 0.15) is 29.0 Å². The zero-order valence-electron chi connectivity index (χ0n) is 19.5. The van der Waals surface area contributed by atoms with Crippen LogP contribution < -0.4 is 19.1 Å². The largest absolute Gasteiger partial charge is 0.496 e. The van der Waals surface area contributed by atoms with E-state index in [1.807, 2.05) is 0 Å². The minimum atomic E-state index is -0.413. The fourth-order valence-electron chi connectivity index (χ4n) is 4.24. The molecule has 4 rings (SSSR count). The lowest BCUT2D eigenvalue weighted by atomic mass is 9.85. The molecule has 0 N–H and O–H groups in total. The van der Waals surface area contributed by atoms with Crippen molar-refractivity contribution in [1.29, 1.82) is 5.26 Å². The smallest absolute Gasteiger partial charge is 0.229 e. The van der Waals surface area contributed by atoms with Crippen molar-refractivity contribution < 1.29 is 19.0 Å². The van der Waals surface area contributed by atoms with E-state index < -0.39 is 5.92 Å². The number of hydrogen-bond donors (Lipinski definition) is 0. The number of benzene rings is 2. The summed E-state index contributed by atoms with van der Waals surface area (Å²) in [6.07, 6.45) is 0.180. The number of carbonyl (C=O) groups excluding carboxylic acids is 1. The molecule has 0 spiro atoms. The van der Waals surface area contributed by atoms with Gasteiger partial charge in [0.1, 0.15) is 5.75 Å². The summed E-state index contributed by atoms with van der Waals surface area (Å²) >= 11 is 1.52. The lowest BCUT2D eigenvalue weighted by Crippen LogP contribution is -2.47. The molecule has 0 radical (unpaired) electrons. The molecule has 172 valence electrons. The van der Waals surface area contributed by atoms with Gasteiger partial charge in [0.2, 0.25) is 5.91 Å². The fraction of sp³-hybridized carbons (Fsp3) is 0.360. The number of allylic oxidation sites excluding steroid dienone is 1. The van der Waals surface area contributed by atoms with Crippen molar-refractivity contribution in [3.05, 3.63) is 57.6 Å². The van der Waals surface area contributed by atoms with Crippen LogP contribution in [0.25, 0.3) is 0 Å². The molecule has 1 unspecified atom stereocenters. The van der Waals surface area contributed by atoms with E-state index in [0.29, 0.717) is 35.4 Å². The summed E-state index contributed by atoms with van der Waals surface area (Å²) in [6, 6.07) is 12.2. The van der Waals surface area contributed by atoms with Crippen LogP contribution in [0.2, 0.25) is 0 Å². The van der Waals surface area contributed by atoms with Crippen LogP contribution in [0.5, 0.6) is 17.2 Å². The Labute approximate surface area is 198 Å². The Balaban J connectivity index is 1.72. The number of fused-ring (bicyclic) bond motifs is 1. The highest BCUT2D eigenvalue weighted by Crippen LogP contribution is 2.47. The van der Waals surface area contributed by atoms with Gasteiger partial charge in [-0.25, -0.2) is 0 Å². The van der Waals surface area contributed by atoms with E-state index in [0.717, 1.165) is 16.3 Å². The molecule has 1 fully saturated rings. The standard InChI is InChI=1S/C25H27N3O4S/c1-15-6-7-17(8-16(15)2)27-13-28-24(29)10-18(20(12-26)25(28)33-14-27)19-9-22(31-4)23(32-5)11-21(19)30-3/h6-9,11,18H,10,13-14H2,1-5H3. The van der Waals surface area contributed by atoms with Crippen molar-refractivity contribution in [1.82, 2.24) is 4.90 Å². The van der Waals surface area contributed by atoms with Crippen LogP contribution in [-0.2, 0) is 4.79 Å². The van der Waals surface area contributed by atoms with Crippen LogP contribution >= 0.6 is 11.8 Å². The molecule has 2 aromatic rings. The van der Waals surface area contributed by atoms with Gasteiger partial charge in [-0.3, -0.25) is 9.69 Å². The lowest BCUT2D eigenvalue weighted by Gasteiger charge is -2.42. The van der Waals surface area contributed by atoms with Crippen LogP contribution in [0.15, 0.2) is 40.9 Å². The van der Waals surface area contributed by atoms with Crippen molar-refractivity contribution in [2.45, 2.75) is 26.2 Å². The number of ether oxygens (including phenoxy) is 3. The number of rotatable bonds is 5. The average Bonchev–Trinajstić information content (AvgIpc) is 2.84. The van der Waals surface area contributed by atoms with Crippen LogP contribution in [0, 0.1) is 25.2 Å². The summed E-state index contributed by atoms with van der Waals surface area (Å²) in [4.78, 5) is 17.2. The van der Waals surface area contributed by atoms with Gasteiger partial charge in [0.25, 0.3) is 0 Å². The number of nitrogens with zero attached hydrogens (tertiary/aromatic N) is 3. The first-order chi connectivity index (χ1) is 15.9. The zero-order valence-corrected chi connectivity index (χ0v) is 20.3. The van der Waals surface area contributed by atoms with E-state index in [4.69, 9.17) is 14.2 Å². The highest BCUT2D eigenvalue weighted by molar-refractivity contribution is 8.03. The van der Waals surface area contributed by atoms with Gasteiger partial charge in [-0.2, -0.15) is 5.26 Å². The van der Waals surface area contributed by atoms with Crippen LogP contribution in [0.3, 0.4) is 0 Å². The summed E-state index contributed by atoms with van der Waals surface area (Å²) in [5.74, 6) is 1.84. The minimum Gasteiger partial charge on any atom is -0.496 e. The van der Waals surface area contributed by atoms with Gasteiger partial charge in [0.15, 0.2) is 11.5 Å². The Bertz CT molecular complexity index is 1170. The van der Waals surface area contributed by atoms with Gasteiger partial charge in [0.05, 0.1) is 50.5 Å². The number of hydrogen-bond acceptors (Lipinski definition) is 7. The molecule has 2 heterocycles. The maximum atomic E-state index is 13.3. The van der Waals surface area contributed by atoms with Crippen molar-refractivity contribution in [2.24, 2.45) is 0 Å². The van der Waals surface area contributed by atoms with Gasteiger partial charge in [0, 0.05) is 29.7 Å². The second-order valence-electron chi connectivity index (χ2n) is 8.08. The summed E-state index contributed by atoms with van der Waals surface area (Å²) in [6.45, 7) is 4.59. The first-order valence-corrected chi connectivity index (χ1v) is 11.6. The van der Waals surface area contributed by atoms with E-state index in [1.54, 1.807) is 38.4 Å². The normalized spacial score (nSPS) is 18.1. The predicted octanol–water partition coefficient (Wildman–Crippen LogP) is 4.55. The second-order valence-corrected chi connectivity index (χ2v) is 9.02. The number of carbonyl (C=O) groups is 1. The van der Waals surface area contributed by atoms with Gasteiger partial charge >= 0.3 is 0 Å². The lowest BCUT2D eigenvalue weighted by molar-refractivity contribution is -0.129. The first-order valence-electron chi connectivity index (χ1n) is 10.6. The SMILES string of the molecule is COc1cc(OC)c(C2CC(=O)N3CN(c4ccc(C)c(C)c4)CSC3=C2C#N)cc1OC. The predicted molar refractivity (Wildman–Crippen MR) is 129 cm³/mol. The molecule has 1 saturated heterocycles. The number of aryl methyl sites for hydroxylation is 2. The van der Waals surface area contributed by atoms with Crippen molar-refractivity contribution >= 4 is 23.4 Å².